The molecule has 4 nitrogen and oxygen atoms in total. The molecule has 84 valence electrons. The lowest BCUT2D eigenvalue weighted by atomic mass is 9.95. The Morgan fingerprint density at radius 2 is 2.13 bits per heavy atom. The summed E-state index contributed by atoms with van der Waals surface area (Å²) >= 11 is 0. The minimum absolute atomic E-state index is 0.548. The third kappa shape index (κ3) is 2.67. The topological polar surface area (TPSA) is 66.8 Å². The quantitative estimate of drug-likeness (QED) is 0.525. The molecule has 1 saturated heterocycles. The van der Waals surface area contributed by atoms with E-state index in [-0.39, 0.29) is 0 Å². The van der Waals surface area contributed by atoms with E-state index in [2.05, 4.69) is 0 Å². The highest BCUT2D eigenvalue weighted by Crippen LogP contribution is 2.25. The molecule has 15 heavy (non-hydrogen) atoms. The van der Waals surface area contributed by atoms with Crippen LogP contribution in [-0.4, -0.2) is 34.5 Å². The first-order chi connectivity index (χ1) is 7.07. The Kier molecular flexibility index (Phi) is 4.05. The molecule has 0 aromatic heterocycles. The lowest BCUT2D eigenvalue weighted by molar-refractivity contribution is -0.145. The van der Waals surface area contributed by atoms with Crippen LogP contribution < -0.4 is 0 Å². The van der Waals surface area contributed by atoms with Gasteiger partial charge in [-0.15, -0.1) is 0 Å². The molecular formula is C11H16O4. The molecule has 4 heteroatoms. The molecule has 1 heterocycles. The first-order valence-corrected chi connectivity index (χ1v) is 4.94. The van der Waals surface area contributed by atoms with Crippen molar-refractivity contribution in [3.05, 3.63) is 24.3 Å². The van der Waals surface area contributed by atoms with Crippen LogP contribution in [0.25, 0.3) is 0 Å². The number of aliphatic hydroxyl groups excluding tert-OH is 2. The summed E-state index contributed by atoms with van der Waals surface area (Å²) in [4.78, 5) is 11.3. The number of carbonyl (C=O) groups excluding carboxylic acids is 1. The maximum Gasteiger partial charge on any atom is 0.315 e. The molecule has 1 aliphatic heterocycles. The standard InChI is InChI=1S/C11H16O4/c1-3-4-5-6-8(12)9-10(13)7(2)15-11(9)14/h3-10,12-13H,1-2H3/b4-3+,6-5+/t7-,8+,9+,10-/m0/s1. The second-order valence-corrected chi connectivity index (χ2v) is 3.56. The Balaban J connectivity index is 2.66. The predicted octanol–water partition coefficient (Wildman–Crippen LogP) is 0.402. The number of rotatable bonds is 3. The van der Waals surface area contributed by atoms with Crippen LogP contribution in [0.3, 0.4) is 0 Å². The van der Waals surface area contributed by atoms with E-state index < -0.39 is 30.2 Å². The van der Waals surface area contributed by atoms with Crippen molar-refractivity contribution in [3.8, 4) is 0 Å². The maximum absolute atomic E-state index is 11.3. The van der Waals surface area contributed by atoms with Crippen molar-refractivity contribution in [2.24, 2.45) is 5.92 Å². The highest BCUT2D eigenvalue weighted by atomic mass is 16.6. The fourth-order valence-electron chi connectivity index (χ4n) is 1.51. The summed E-state index contributed by atoms with van der Waals surface area (Å²) in [6.45, 7) is 3.45. The van der Waals surface area contributed by atoms with E-state index in [4.69, 9.17) is 4.74 Å². The molecule has 0 bridgehead atoms. The van der Waals surface area contributed by atoms with Crippen LogP contribution in [0.1, 0.15) is 13.8 Å². The molecule has 1 rings (SSSR count). The first-order valence-electron chi connectivity index (χ1n) is 4.94. The average molecular weight is 212 g/mol. The van der Waals surface area contributed by atoms with E-state index >= 15 is 0 Å². The molecule has 0 radical (unpaired) electrons. The summed E-state index contributed by atoms with van der Waals surface area (Å²) in [6, 6.07) is 0. The van der Waals surface area contributed by atoms with Gasteiger partial charge in [0.15, 0.2) is 0 Å². The monoisotopic (exact) mass is 212 g/mol. The van der Waals surface area contributed by atoms with E-state index in [1.54, 1.807) is 25.2 Å². The van der Waals surface area contributed by atoms with Crippen molar-refractivity contribution in [2.45, 2.75) is 32.2 Å². The number of carbonyl (C=O) groups is 1. The minimum Gasteiger partial charge on any atom is -0.460 e. The van der Waals surface area contributed by atoms with Gasteiger partial charge in [0, 0.05) is 0 Å². The zero-order valence-electron chi connectivity index (χ0n) is 8.83. The van der Waals surface area contributed by atoms with Gasteiger partial charge in [-0.25, -0.2) is 0 Å². The van der Waals surface area contributed by atoms with Crippen molar-refractivity contribution in [3.63, 3.8) is 0 Å². The Morgan fingerprint density at radius 1 is 1.47 bits per heavy atom. The van der Waals surface area contributed by atoms with Crippen LogP contribution in [0, 0.1) is 5.92 Å². The summed E-state index contributed by atoms with van der Waals surface area (Å²) in [5.74, 6) is -1.42. The summed E-state index contributed by atoms with van der Waals surface area (Å²) in [5, 5.41) is 19.2. The van der Waals surface area contributed by atoms with Gasteiger partial charge >= 0.3 is 5.97 Å². The molecular weight excluding hydrogens is 196 g/mol. The second kappa shape index (κ2) is 5.09. The molecule has 2 N–H and O–H groups in total. The number of aliphatic hydroxyl groups is 2. The van der Waals surface area contributed by atoms with E-state index in [1.165, 1.54) is 6.08 Å². The van der Waals surface area contributed by atoms with Crippen LogP contribution in [0.15, 0.2) is 24.3 Å². The lowest BCUT2D eigenvalue weighted by Gasteiger charge is -2.14. The molecule has 1 aliphatic rings. The zero-order chi connectivity index (χ0) is 11.4. The summed E-state index contributed by atoms with van der Waals surface area (Å²) in [5.41, 5.74) is 0. The number of hydrogen-bond donors (Lipinski definition) is 2. The molecule has 0 spiro atoms. The second-order valence-electron chi connectivity index (χ2n) is 3.56. The Labute approximate surface area is 88.9 Å². The van der Waals surface area contributed by atoms with Gasteiger partial charge in [-0.1, -0.05) is 24.3 Å². The van der Waals surface area contributed by atoms with E-state index in [1.807, 2.05) is 6.92 Å². The van der Waals surface area contributed by atoms with E-state index in [0.29, 0.717) is 0 Å². The van der Waals surface area contributed by atoms with Crippen molar-refractivity contribution >= 4 is 5.97 Å². The van der Waals surface area contributed by atoms with Crippen LogP contribution >= 0.6 is 0 Å². The van der Waals surface area contributed by atoms with Crippen LogP contribution in [0.5, 0.6) is 0 Å². The van der Waals surface area contributed by atoms with Gasteiger partial charge in [0.2, 0.25) is 0 Å². The Bertz CT molecular complexity index is 282. The highest BCUT2D eigenvalue weighted by molar-refractivity contribution is 5.76. The molecule has 0 aromatic rings. The van der Waals surface area contributed by atoms with Crippen molar-refractivity contribution < 1.29 is 19.7 Å². The molecule has 1 fully saturated rings. The third-order valence-corrected chi connectivity index (χ3v) is 2.40. The largest absolute Gasteiger partial charge is 0.460 e. The number of ether oxygens (including phenoxy) is 1. The van der Waals surface area contributed by atoms with Gasteiger partial charge in [0.05, 0.1) is 6.10 Å². The number of cyclic esters (lactones) is 1. The number of hydrogen-bond acceptors (Lipinski definition) is 4. The lowest BCUT2D eigenvalue weighted by Crippen LogP contribution is -2.33. The number of esters is 1. The smallest absolute Gasteiger partial charge is 0.315 e. The minimum atomic E-state index is -1.01. The molecule has 0 saturated carbocycles. The first kappa shape index (κ1) is 11.9. The Morgan fingerprint density at radius 3 is 2.60 bits per heavy atom. The average Bonchev–Trinajstić information content (AvgIpc) is 2.41. The van der Waals surface area contributed by atoms with Gasteiger partial charge in [-0.3, -0.25) is 4.79 Å². The predicted molar refractivity (Wildman–Crippen MR) is 55.0 cm³/mol. The maximum atomic E-state index is 11.3. The van der Waals surface area contributed by atoms with Crippen molar-refractivity contribution in [2.75, 3.05) is 0 Å². The molecule has 0 aliphatic carbocycles. The van der Waals surface area contributed by atoms with Gasteiger partial charge in [-0.2, -0.15) is 0 Å². The fourth-order valence-corrected chi connectivity index (χ4v) is 1.51. The normalized spacial score (nSPS) is 33.9. The van der Waals surface area contributed by atoms with Crippen LogP contribution in [-0.2, 0) is 9.53 Å². The number of allylic oxidation sites excluding steroid dienone is 3. The van der Waals surface area contributed by atoms with Gasteiger partial charge in [0.1, 0.15) is 18.1 Å². The van der Waals surface area contributed by atoms with Gasteiger partial charge in [0.25, 0.3) is 0 Å². The Hall–Kier alpha value is -1.13. The van der Waals surface area contributed by atoms with Crippen molar-refractivity contribution in [1.82, 2.24) is 0 Å². The summed E-state index contributed by atoms with van der Waals surface area (Å²) in [6.07, 6.45) is 4.14. The fraction of sp³-hybridized carbons (Fsp3) is 0.545. The third-order valence-electron chi connectivity index (χ3n) is 2.40. The summed E-state index contributed by atoms with van der Waals surface area (Å²) in [7, 11) is 0. The molecule has 0 amide bonds. The van der Waals surface area contributed by atoms with Crippen LogP contribution in [0.2, 0.25) is 0 Å². The molecule has 0 unspecified atom stereocenters. The van der Waals surface area contributed by atoms with E-state index in [9.17, 15) is 15.0 Å². The van der Waals surface area contributed by atoms with Crippen LogP contribution in [0.4, 0.5) is 0 Å². The zero-order valence-corrected chi connectivity index (χ0v) is 8.83. The highest BCUT2D eigenvalue weighted by Gasteiger charge is 2.44. The van der Waals surface area contributed by atoms with Gasteiger partial charge in [-0.05, 0) is 13.8 Å². The van der Waals surface area contributed by atoms with E-state index in [0.717, 1.165) is 0 Å². The molecule has 4 atom stereocenters. The van der Waals surface area contributed by atoms with Gasteiger partial charge < -0.3 is 14.9 Å². The van der Waals surface area contributed by atoms with Crippen molar-refractivity contribution in [1.29, 1.82) is 0 Å². The SMILES string of the molecule is C/C=C/C=C/[C@@H](O)[C@H]1C(=O)O[C@@H](C)[C@@H]1O. The molecule has 0 aromatic carbocycles. The summed E-state index contributed by atoms with van der Waals surface area (Å²) < 4.78 is 4.81.